The van der Waals surface area contributed by atoms with Gasteiger partial charge >= 0.3 is 0 Å². The molecule has 1 aromatic rings. The molecule has 0 fully saturated rings. The van der Waals surface area contributed by atoms with Crippen LogP contribution in [0.1, 0.15) is 13.8 Å². The number of carbonyl (C=O) groups is 2. The first-order chi connectivity index (χ1) is 11.4. The van der Waals surface area contributed by atoms with Crippen molar-refractivity contribution in [3.05, 3.63) is 63.8 Å². The standard InChI is InChI=1S/C18H14Cl2N2O2/c1-10-11(2)22(13-6-4-3-5-7-13)18(24)16(10)21-12-8-14(19)17(23)15(20)9-12/h3-9,11H,1-2H3. The molecular formula is C18H14Cl2N2O2. The number of allylic oxidation sites excluding steroid dienone is 4. The molecule has 3 rings (SSSR count). The summed E-state index contributed by atoms with van der Waals surface area (Å²) in [4.78, 5) is 30.5. The van der Waals surface area contributed by atoms with Crippen molar-refractivity contribution in [2.75, 3.05) is 4.90 Å². The lowest BCUT2D eigenvalue weighted by molar-refractivity contribution is -0.114. The van der Waals surface area contributed by atoms with Crippen molar-refractivity contribution >= 4 is 46.3 Å². The fourth-order valence-corrected chi connectivity index (χ4v) is 3.13. The summed E-state index contributed by atoms with van der Waals surface area (Å²) in [5.41, 5.74) is 2.39. The minimum Gasteiger partial charge on any atom is -0.300 e. The molecule has 24 heavy (non-hydrogen) atoms. The number of hydrogen-bond donors (Lipinski definition) is 0. The number of carbonyl (C=O) groups excluding carboxylic acids is 2. The number of aliphatic imine (C=N–C) groups is 1. The maximum atomic E-state index is 12.8. The van der Waals surface area contributed by atoms with Gasteiger partial charge in [-0.05, 0) is 43.7 Å². The van der Waals surface area contributed by atoms with E-state index in [2.05, 4.69) is 4.99 Å². The maximum Gasteiger partial charge on any atom is 0.277 e. The zero-order chi connectivity index (χ0) is 17.4. The van der Waals surface area contributed by atoms with Gasteiger partial charge in [0.05, 0.1) is 21.8 Å². The lowest BCUT2D eigenvalue weighted by Gasteiger charge is -2.22. The smallest absolute Gasteiger partial charge is 0.277 e. The molecule has 1 amide bonds. The van der Waals surface area contributed by atoms with Gasteiger partial charge < -0.3 is 4.90 Å². The second-order valence-corrected chi connectivity index (χ2v) is 6.38. The Morgan fingerprint density at radius 1 is 1.04 bits per heavy atom. The molecular weight excluding hydrogens is 347 g/mol. The lowest BCUT2D eigenvalue weighted by atomic mass is 10.1. The van der Waals surface area contributed by atoms with Gasteiger partial charge in [-0.25, -0.2) is 4.99 Å². The molecule has 2 aliphatic rings. The summed E-state index contributed by atoms with van der Waals surface area (Å²) >= 11 is 11.7. The Balaban J connectivity index is 1.99. The molecule has 1 unspecified atom stereocenters. The quantitative estimate of drug-likeness (QED) is 0.749. The number of halogens is 2. The van der Waals surface area contributed by atoms with Crippen LogP contribution in [0.5, 0.6) is 0 Å². The van der Waals surface area contributed by atoms with E-state index < -0.39 is 5.78 Å². The van der Waals surface area contributed by atoms with Crippen LogP contribution in [0.15, 0.2) is 68.8 Å². The largest absolute Gasteiger partial charge is 0.300 e. The second kappa shape index (κ2) is 6.38. The van der Waals surface area contributed by atoms with E-state index in [9.17, 15) is 9.59 Å². The van der Waals surface area contributed by atoms with Gasteiger partial charge in [0.25, 0.3) is 5.91 Å². The monoisotopic (exact) mass is 360 g/mol. The fraction of sp³-hybridized carbons (Fsp3) is 0.167. The van der Waals surface area contributed by atoms with E-state index in [1.165, 1.54) is 12.2 Å². The molecule has 0 N–H and O–H groups in total. The average molecular weight is 361 g/mol. The highest BCUT2D eigenvalue weighted by atomic mass is 35.5. The van der Waals surface area contributed by atoms with Crippen molar-refractivity contribution in [3.8, 4) is 0 Å². The van der Waals surface area contributed by atoms with Gasteiger partial charge in [-0.15, -0.1) is 0 Å². The van der Waals surface area contributed by atoms with E-state index >= 15 is 0 Å². The third kappa shape index (κ3) is 2.83. The van der Waals surface area contributed by atoms with E-state index in [1.807, 2.05) is 44.2 Å². The molecule has 0 bridgehead atoms. The number of ketones is 1. The van der Waals surface area contributed by atoms with Crippen LogP contribution < -0.4 is 4.90 Å². The number of amides is 1. The molecule has 1 aromatic carbocycles. The van der Waals surface area contributed by atoms with Gasteiger partial charge in [-0.3, -0.25) is 9.59 Å². The van der Waals surface area contributed by atoms with Gasteiger partial charge in [0, 0.05) is 5.69 Å². The van der Waals surface area contributed by atoms with Gasteiger partial charge in [0.15, 0.2) is 0 Å². The summed E-state index contributed by atoms with van der Waals surface area (Å²) in [6, 6.07) is 9.31. The third-order valence-electron chi connectivity index (χ3n) is 4.07. The predicted octanol–water partition coefficient (Wildman–Crippen LogP) is 3.96. The van der Waals surface area contributed by atoms with Crippen molar-refractivity contribution < 1.29 is 9.59 Å². The van der Waals surface area contributed by atoms with Crippen LogP contribution in [0.3, 0.4) is 0 Å². The molecule has 1 atom stereocenters. The predicted molar refractivity (Wildman–Crippen MR) is 96.4 cm³/mol. The van der Waals surface area contributed by atoms with Crippen molar-refractivity contribution in [2.24, 2.45) is 4.99 Å². The molecule has 0 saturated carbocycles. The summed E-state index contributed by atoms with van der Waals surface area (Å²) in [6.07, 6.45) is 2.83. The van der Waals surface area contributed by atoms with E-state index in [-0.39, 0.29) is 22.0 Å². The number of nitrogens with zero attached hydrogens (tertiary/aromatic N) is 2. The Morgan fingerprint density at radius 3 is 2.21 bits per heavy atom. The Hall–Kier alpha value is -2.17. The maximum absolute atomic E-state index is 12.8. The molecule has 122 valence electrons. The molecule has 0 spiro atoms. The number of anilines is 1. The summed E-state index contributed by atoms with van der Waals surface area (Å²) in [5.74, 6) is -0.635. The molecule has 0 aromatic heterocycles. The van der Waals surface area contributed by atoms with Crippen LogP contribution in [0.25, 0.3) is 0 Å². The number of rotatable bonds is 2. The first-order valence-electron chi connectivity index (χ1n) is 7.37. The molecule has 6 heteroatoms. The molecule has 1 aliphatic carbocycles. The normalized spacial score (nSPS) is 21.2. The Bertz CT molecular complexity index is 827. The highest BCUT2D eigenvalue weighted by molar-refractivity contribution is 6.57. The van der Waals surface area contributed by atoms with Crippen molar-refractivity contribution in [2.45, 2.75) is 19.9 Å². The van der Waals surface area contributed by atoms with Crippen LogP contribution in [-0.2, 0) is 9.59 Å². The van der Waals surface area contributed by atoms with E-state index in [1.54, 1.807) is 4.90 Å². The summed E-state index contributed by atoms with van der Waals surface area (Å²) in [6.45, 7) is 3.82. The lowest BCUT2D eigenvalue weighted by Crippen LogP contribution is -2.33. The average Bonchev–Trinajstić information content (AvgIpc) is 2.77. The van der Waals surface area contributed by atoms with Crippen molar-refractivity contribution in [1.82, 2.24) is 0 Å². The third-order valence-corrected chi connectivity index (χ3v) is 4.63. The SMILES string of the molecule is CC1=C(N=C2C=C(Cl)C(=O)C(Cl)=C2)C(=O)N(c2ccccc2)C1C. The van der Waals surface area contributed by atoms with Crippen LogP contribution in [-0.4, -0.2) is 23.4 Å². The zero-order valence-electron chi connectivity index (χ0n) is 13.1. The number of para-hydroxylation sites is 1. The molecule has 0 saturated heterocycles. The van der Waals surface area contributed by atoms with Gasteiger partial charge in [0.1, 0.15) is 5.70 Å². The van der Waals surface area contributed by atoms with Crippen LogP contribution in [0.2, 0.25) is 0 Å². The Labute approximate surface area is 149 Å². The summed E-state index contributed by atoms with van der Waals surface area (Å²) in [7, 11) is 0. The van der Waals surface area contributed by atoms with E-state index in [0.717, 1.165) is 11.3 Å². The fourth-order valence-electron chi connectivity index (χ4n) is 2.66. The zero-order valence-corrected chi connectivity index (χ0v) is 14.6. The van der Waals surface area contributed by atoms with Crippen molar-refractivity contribution in [1.29, 1.82) is 0 Å². The second-order valence-electron chi connectivity index (χ2n) is 5.57. The highest BCUT2D eigenvalue weighted by Gasteiger charge is 2.35. The number of benzene rings is 1. The van der Waals surface area contributed by atoms with E-state index in [0.29, 0.717) is 11.4 Å². The van der Waals surface area contributed by atoms with Gasteiger partial charge in [-0.2, -0.15) is 0 Å². The first-order valence-corrected chi connectivity index (χ1v) is 8.13. The topological polar surface area (TPSA) is 49.7 Å². The summed E-state index contributed by atoms with van der Waals surface area (Å²) in [5, 5.41) is -0.0316. The van der Waals surface area contributed by atoms with Crippen molar-refractivity contribution in [3.63, 3.8) is 0 Å². The van der Waals surface area contributed by atoms with E-state index in [4.69, 9.17) is 23.2 Å². The summed E-state index contributed by atoms with van der Waals surface area (Å²) < 4.78 is 0. The number of Topliss-reactive ketones (excluding diaryl/α,β-unsaturated/α-hetero) is 1. The van der Waals surface area contributed by atoms with Gasteiger partial charge in [0.2, 0.25) is 5.78 Å². The minimum absolute atomic E-state index is 0.0158. The Kier molecular flexibility index (Phi) is 4.43. The number of hydrogen-bond acceptors (Lipinski definition) is 3. The Morgan fingerprint density at radius 2 is 1.62 bits per heavy atom. The molecule has 1 heterocycles. The van der Waals surface area contributed by atoms with Gasteiger partial charge in [-0.1, -0.05) is 41.4 Å². The molecule has 1 aliphatic heterocycles. The molecule has 0 radical (unpaired) electrons. The highest BCUT2D eigenvalue weighted by Crippen LogP contribution is 2.32. The van der Waals surface area contributed by atoms with Crippen LogP contribution in [0.4, 0.5) is 5.69 Å². The van der Waals surface area contributed by atoms with Crippen LogP contribution >= 0.6 is 23.2 Å². The first kappa shape index (κ1) is 16.7. The molecule has 4 nitrogen and oxygen atoms in total. The van der Waals surface area contributed by atoms with Crippen LogP contribution in [0, 0.1) is 0 Å². The minimum atomic E-state index is -0.444.